The van der Waals surface area contributed by atoms with E-state index in [1.54, 1.807) is 17.0 Å². The van der Waals surface area contributed by atoms with Crippen LogP contribution in [0.5, 0.6) is 0 Å². The summed E-state index contributed by atoms with van der Waals surface area (Å²) in [6.07, 6.45) is 1.54. The molecular weight excluding hydrogens is 218 g/mol. The van der Waals surface area contributed by atoms with Gasteiger partial charge in [-0.2, -0.15) is 0 Å². The molecule has 0 radical (unpaired) electrons. The molecular formula is C13H15NO3. The maximum atomic E-state index is 11.6. The van der Waals surface area contributed by atoms with Crippen LogP contribution in [0.25, 0.3) is 0 Å². The quantitative estimate of drug-likeness (QED) is 0.807. The highest BCUT2D eigenvalue weighted by Gasteiger charge is 2.25. The summed E-state index contributed by atoms with van der Waals surface area (Å²) in [4.78, 5) is 24.4. The van der Waals surface area contributed by atoms with Crippen LogP contribution < -0.4 is 4.90 Å². The number of hydrogen-bond acceptors (Lipinski definition) is 2. The number of anilines is 1. The lowest BCUT2D eigenvalue weighted by atomic mass is 9.93. The first-order valence-corrected chi connectivity index (χ1v) is 5.66. The molecule has 0 unspecified atom stereocenters. The average molecular weight is 233 g/mol. The minimum absolute atomic E-state index is 0.0309. The van der Waals surface area contributed by atoms with Crippen LogP contribution in [-0.4, -0.2) is 23.5 Å². The molecule has 1 aliphatic heterocycles. The van der Waals surface area contributed by atoms with Crippen LogP contribution in [0.2, 0.25) is 0 Å². The van der Waals surface area contributed by atoms with Gasteiger partial charge in [0.1, 0.15) is 0 Å². The summed E-state index contributed by atoms with van der Waals surface area (Å²) in [5.74, 6) is -0.955. The number of rotatable bonds is 1. The van der Waals surface area contributed by atoms with Crippen molar-refractivity contribution >= 4 is 17.6 Å². The van der Waals surface area contributed by atoms with Crippen LogP contribution in [0.4, 0.5) is 5.69 Å². The zero-order valence-electron chi connectivity index (χ0n) is 9.99. The van der Waals surface area contributed by atoms with Gasteiger partial charge in [-0.3, -0.25) is 4.79 Å². The lowest BCUT2D eigenvalue weighted by molar-refractivity contribution is -0.116. The maximum Gasteiger partial charge on any atom is 0.336 e. The number of amides is 1. The number of carbonyl (C=O) groups is 2. The highest BCUT2D eigenvalue weighted by molar-refractivity contribution is 5.98. The fraction of sp³-hybridized carbons (Fsp3) is 0.385. The Morgan fingerprint density at radius 2 is 2.06 bits per heavy atom. The third-order valence-electron chi connectivity index (χ3n) is 3.17. The molecule has 4 heteroatoms. The van der Waals surface area contributed by atoms with Gasteiger partial charge in [-0.15, -0.1) is 0 Å². The molecule has 90 valence electrons. The average Bonchev–Trinajstić information content (AvgIpc) is 2.28. The van der Waals surface area contributed by atoms with Crippen LogP contribution in [0.15, 0.2) is 12.1 Å². The molecule has 1 aromatic rings. The fourth-order valence-corrected chi connectivity index (χ4v) is 2.42. The molecule has 0 aliphatic carbocycles. The monoisotopic (exact) mass is 233 g/mol. The Bertz CT molecular complexity index is 494. The number of hydrogen-bond donors (Lipinski definition) is 1. The number of carboxylic acids is 1. The topological polar surface area (TPSA) is 57.6 Å². The van der Waals surface area contributed by atoms with Crippen molar-refractivity contribution in [2.24, 2.45) is 0 Å². The Kier molecular flexibility index (Phi) is 2.88. The first kappa shape index (κ1) is 11.6. The van der Waals surface area contributed by atoms with Gasteiger partial charge < -0.3 is 10.0 Å². The standard InChI is InChI=1S/C13H15NO3/c1-8-5-6-11(13(16)17)10-4-3-7-14(9(2)15)12(8)10/h5-6H,3-4,7H2,1-2H3,(H,16,17). The number of aromatic carboxylic acids is 1. The highest BCUT2D eigenvalue weighted by atomic mass is 16.4. The van der Waals surface area contributed by atoms with Gasteiger partial charge in [-0.25, -0.2) is 4.79 Å². The zero-order valence-corrected chi connectivity index (χ0v) is 9.99. The summed E-state index contributed by atoms with van der Waals surface area (Å²) < 4.78 is 0. The molecule has 2 rings (SSSR count). The van der Waals surface area contributed by atoms with Gasteiger partial charge in [0.2, 0.25) is 5.91 Å². The normalized spacial score (nSPS) is 14.4. The van der Waals surface area contributed by atoms with Crippen LogP contribution in [0.3, 0.4) is 0 Å². The second-order valence-corrected chi connectivity index (χ2v) is 4.34. The first-order valence-electron chi connectivity index (χ1n) is 5.66. The first-order chi connectivity index (χ1) is 8.02. The lowest BCUT2D eigenvalue weighted by Gasteiger charge is -2.31. The lowest BCUT2D eigenvalue weighted by Crippen LogP contribution is -2.35. The number of carboxylic acid groups (broad SMARTS) is 1. The molecule has 0 saturated carbocycles. The second-order valence-electron chi connectivity index (χ2n) is 4.34. The molecule has 1 amide bonds. The number of carbonyl (C=O) groups excluding carboxylic acids is 1. The van der Waals surface area contributed by atoms with Crippen molar-refractivity contribution in [3.63, 3.8) is 0 Å². The number of aryl methyl sites for hydroxylation is 1. The summed E-state index contributed by atoms with van der Waals surface area (Å²) in [5.41, 5.74) is 2.86. The Hall–Kier alpha value is -1.84. The SMILES string of the molecule is CC(=O)N1CCCc2c(C(=O)O)ccc(C)c21. The maximum absolute atomic E-state index is 11.6. The van der Waals surface area contributed by atoms with Crippen molar-refractivity contribution < 1.29 is 14.7 Å². The van der Waals surface area contributed by atoms with Gasteiger partial charge in [0.15, 0.2) is 0 Å². The largest absolute Gasteiger partial charge is 0.478 e. The van der Waals surface area contributed by atoms with E-state index in [1.807, 2.05) is 6.92 Å². The van der Waals surface area contributed by atoms with Gasteiger partial charge in [-0.05, 0) is 37.0 Å². The van der Waals surface area contributed by atoms with E-state index in [0.717, 1.165) is 29.7 Å². The summed E-state index contributed by atoms with van der Waals surface area (Å²) in [6.45, 7) is 4.10. The molecule has 0 aromatic heterocycles. The molecule has 1 heterocycles. The van der Waals surface area contributed by atoms with Crippen molar-refractivity contribution in [1.82, 2.24) is 0 Å². The molecule has 17 heavy (non-hydrogen) atoms. The van der Waals surface area contributed by atoms with Crippen molar-refractivity contribution in [3.05, 3.63) is 28.8 Å². The summed E-state index contributed by atoms with van der Waals surface area (Å²) >= 11 is 0. The van der Waals surface area contributed by atoms with E-state index in [9.17, 15) is 9.59 Å². The minimum Gasteiger partial charge on any atom is -0.478 e. The molecule has 1 aromatic carbocycles. The van der Waals surface area contributed by atoms with Gasteiger partial charge in [0, 0.05) is 13.5 Å². The summed E-state index contributed by atoms with van der Waals surface area (Å²) in [7, 11) is 0. The molecule has 0 saturated heterocycles. The van der Waals surface area contributed by atoms with E-state index >= 15 is 0 Å². The van der Waals surface area contributed by atoms with Crippen LogP contribution in [0.1, 0.15) is 34.8 Å². The van der Waals surface area contributed by atoms with E-state index in [2.05, 4.69) is 0 Å². The zero-order chi connectivity index (χ0) is 12.6. The van der Waals surface area contributed by atoms with Gasteiger partial charge in [-0.1, -0.05) is 6.07 Å². The number of benzene rings is 1. The minimum atomic E-state index is -0.924. The Morgan fingerprint density at radius 1 is 1.35 bits per heavy atom. The number of nitrogens with zero attached hydrogens (tertiary/aromatic N) is 1. The smallest absolute Gasteiger partial charge is 0.336 e. The van der Waals surface area contributed by atoms with E-state index in [1.165, 1.54) is 6.92 Å². The third-order valence-corrected chi connectivity index (χ3v) is 3.17. The summed E-state index contributed by atoms with van der Waals surface area (Å²) in [5, 5.41) is 9.15. The van der Waals surface area contributed by atoms with Crippen molar-refractivity contribution in [2.45, 2.75) is 26.7 Å². The number of fused-ring (bicyclic) bond motifs is 1. The molecule has 1 aliphatic rings. The predicted molar refractivity (Wildman–Crippen MR) is 64.5 cm³/mol. The van der Waals surface area contributed by atoms with Crippen LogP contribution in [-0.2, 0) is 11.2 Å². The molecule has 0 atom stereocenters. The van der Waals surface area contributed by atoms with E-state index in [4.69, 9.17) is 5.11 Å². The molecule has 4 nitrogen and oxygen atoms in total. The van der Waals surface area contributed by atoms with Crippen molar-refractivity contribution in [1.29, 1.82) is 0 Å². The van der Waals surface area contributed by atoms with E-state index in [0.29, 0.717) is 12.1 Å². The molecule has 0 fully saturated rings. The van der Waals surface area contributed by atoms with Gasteiger partial charge in [0.05, 0.1) is 11.3 Å². The fourth-order valence-electron chi connectivity index (χ4n) is 2.42. The van der Waals surface area contributed by atoms with Gasteiger partial charge >= 0.3 is 5.97 Å². The van der Waals surface area contributed by atoms with E-state index in [-0.39, 0.29) is 5.91 Å². The predicted octanol–water partition coefficient (Wildman–Crippen LogP) is 1.99. The van der Waals surface area contributed by atoms with Crippen molar-refractivity contribution in [3.8, 4) is 0 Å². The van der Waals surface area contributed by atoms with Gasteiger partial charge in [0.25, 0.3) is 0 Å². The molecule has 0 spiro atoms. The Labute approximate surface area is 99.9 Å². The van der Waals surface area contributed by atoms with Crippen LogP contribution >= 0.6 is 0 Å². The second kappa shape index (κ2) is 4.20. The van der Waals surface area contributed by atoms with E-state index < -0.39 is 5.97 Å². The van der Waals surface area contributed by atoms with Crippen molar-refractivity contribution in [2.75, 3.05) is 11.4 Å². The Balaban J connectivity index is 2.64. The summed E-state index contributed by atoms with van der Waals surface area (Å²) in [6, 6.07) is 3.39. The Morgan fingerprint density at radius 3 is 2.65 bits per heavy atom. The highest BCUT2D eigenvalue weighted by Crippen LogP contribution is 2.33. The molecule has 0 bridgehead atoms. The molecule has 1 N–H and O–H groups in total. The third kappa shape index (κ3) is 1.90. The van der Waals surface area contributed by atoms with Crippen LogP contribution in [0, 0.1) is 6.92 Å².